The molecule has 0 bridgehead atoms. The van der Waals surface area contributed by atoms with Gasteiger partial charge in [-0.25, -0.2) is 0 Å². The number of nitrogens with zero attached hydrogens (tertiary/aromatic N) is 1. The van der Waals surface area contributed by atoms with E-state index in [0.29, 0.717) is 18.8 Å². The molecule has 1 aliphatic heterocycles. The Balaban J connectivity index is 1.98. The molecule has 21 heavy (non-hydrogen) atoms. The first-order chi connectivity index (χ1) is 10.2. The number of pyridine rings is 1. The molecule has 1 amide bonds. The van der Waals surface area contributed by atoms with E-state index in [4.69, 9.17) is 9.47 Å². The Morgan fingerprint density at radius 2 is 2.29 bits per heavy atom. The van der Waals surface area contributed by atoms with Crippen molar-refractivity contribution in [3.63, 3.8) is 0 Å². The number of rotatable bonds is 3. The summed E-state index contributed by atoms with van der Waals surface area (Å²) in [6, 6.07) is 7.48. The van der Waals surface area contributed by atoms with Gasteiger partial charge in [0.1, 0.15) is 5.75 Å². The Morgan fingerprint density at radius 1 is 1.43 bits per heavy atom. The lowest BCUT2D eigenvalue weighted by Crippen LogP contribution is -2.35. The molecule has 1 aliphatic rings. The minimum absolute atomic E-state index is 0.0776. The number of ether oxygens (including phenoxy) is 2. The molecule has 1 aromatic heterocycles. The number of carbonyl (C=O) groups is 1. The predicted octanol–water partition coefficient (Wildman–Crippen LogP) is 2.07. The molecule has 110 valence electrons. The van der Waals surface area contributed by atoms with E-state index in [1.165, 1.54) is 0 Å². The molecule has 0 aliphatic carbocycles. The third kappa shape index (κ3) is 2.83. The molecule has 0 radical (unpaired) electrons. The van der Waals surface area contributed by atoms with Gasteiger partial charge in [-0.05, 0) is 31.5 Å². The summed E-state index contributed by atoms with van der Waals surface area (Å²) in [5, 5.41) is 3.85. The van der Waals surface area contributed by atoms with Crippen molar-refractivity contribution in [1.29, 1.82) is 0 Å². The van der Waals surface area contributed by atoms with Crippen LogP contribution in [0.5, 0.6) is 5.75 Å². The standard InChI is InChI=1S/C16H18N2O3/c1-10-7-14(16(19)18-11-5-6-21-9-11)13-4-3-12(20-2)8-15(13)17-10/h3-4,7-8,11H,5-6,9H2,1-2H3,(H,18,19). The Hall–Kier alpha value is -2.14. The minimum atomic E-state index is -0.0776. The lowest BCUT2D eigenvalue weighted by molar-refractivity contribution is 0.0931. The topological polar surface area (TPSA) is 60.5 Å². The van der Waals surface area contributed by atoms with Crippen LogP contribution >= 0.6 is 0 Å². The Bertz CT molecular complexity index is 679. The van der Waals surface area contributed by atoms with Crippen molar-refractivity contribution >= 4 is 16.8 Å². The molecule has 1 aromatic carbocycles. The fraction of sp³-hybridized carbons (Fsp3) is 0.375. The highest BCUT2D eigenvalue weighted by Gasteiger charge is 2.20. The highest BCUT2D eigenvalue weighted by molar-refractivity contribution is 6.06. The fourth-order valence-corrected chi connectivity index (χ4v) is 2.57. The summed E-state index contributed by atoms with van der Waals surface area (Å²) in [7, 11) is 1.62. The maximum Gasteiger partial charge on any atom is 0.252 e. The number of benzene rings is 1. The molecule has 3 rings (SSSR count). The van der Waals surface area contributed by atoms with Crippen molar-refractivity contribution in [3.8, 4) is 5.75 Å². The number of methoxy groups -OCH3 is 1. The van der Waals surface area contributed by atoms with Crippen molar-refractivity contribution in [2.75, 3.05) is 20.3 Å². The fourth-order valence-electron chi connectivity index (χ4n) is 2.57. The number of fused-ring (bicyclic) bond motifs is 1. The first-order valence-electron chi connectivity index (χ1n) is 7.01. The van der Waals surface area contributed by atoms with Crippen molar-refractivity contribution in [2.24, 2.45) is 0 Å². The normalized spacial score (nSPS) is 17.9. The van der Waals surface area contributed by atoms with Crippen LogP contribution in [-0.4, -0.2) is 37.3 Å². The minimum Gasteiger partial charge on any atom is -0.497 e. The average Bonchev–Trinajstić information content (AvgIpc) is 2.98. The van der Waals surface area contributed by atoms with E-state index in [2.05, 4.69) is 10.3 Å². The van der Waals surface area contributed by atoms with Crippen molar-refractivity contribution in [3.05, 3.63) is 35.5 Å². The molecular weight excluding hydrogens is 268 g/mol. The van der Waals surface area contributed by atoms with Crippen LogP contribution in [0.25, 0.3) is 10.9 Å². The summed E-state index contributed by atoms with van der Waals surface area (Å²) in [5.41, 5.74) is 2.22. The molecule has 5 nitrogen and oxygen atoms in total. The predicted molar refractivity (Wildman–Crippen MR) is 79.7 cm³/mol. The zero-order valence-electron chi connectivity index (χ0n) is 12.2. The molecule has 1 fully saturated rings. The van der Waals surface area contributed by atoms with E-state index in [-0.39, 0.29) is 11.9 Å². The summed E-state index contributed by atoms with van der Waals surface area (Å²) in [4.78, 5) is 17.0. The SMILES string of the molecule is COc1ccc2c(C(=O)NC3CCOC3)cc(C)nc2c1. The number of amides is 1. The average molecular weight is 286 g/mol. The zero-order valence-corrected chi connectivity index (χ0v) is 12.2. The van der Waals surface area contributed by atoms with Gasteiger partial charge < -0.3 is 14.8 Å². The van der Waals surface area contributed by atoms with Gasteiger partial charge in [0.15, 0.2) is 0 Å². The van der Waals surface area contributed by atoms with E-state index < -0.39 is 0 Å². The maximum atomic E-state index is 12.5. The van der Waals surface area contributed by atoms with E-state index in [9.17, 15) is 4.79 Å². The van der Waals surface area contributed by atoms with Crippen LogP contribution in [0.15, 0.2) is 24.3 Å². The molecule has 1 unspecified atom stereocenters. The van der Waals surface area contributed by atoms with Crippen molar-refractivity contribution in [1.82, 2.24) is 10.3 Å². The maximum absolute atomic E-state index is 12.5. The van der Waals surface area contributed by atoms with Gasteiger partial charge in [-0.1, -0.05) is 0 Å². The largest absolute Gasteiger partial charge is 0.497 e. The van der Waals surface area contributed by atoms with Gasteiger partial charge >= 0.3 is 0 Å². The van der Waals surface area contributed by atoms with Crippen molar-refractivity contribution in [2.45, 2.75) is 19.4 Å². The lowest BCUT2D eigenvalue weighted by atomic mass is 10.1. The number of aromatic nitrogens is 1. The van der Waals surface area contributed by atoms with Crippen molar-refractivity contribution < 1.29 is 14.3 Å². The summed E-state index contributed by atoms with van der Waals surface area (Å²) in [6.45, 7) is 3.17. The number of aryl methyl sites for hydroxylation is 1. The van der Waals surface area contributed by atoms with Gasteiger partial charge in [-0.15, -0.1) is 0 Å². The van der Waals surface area contributed by atoms with E-state index in [0.717, 1.165) is 28.8 Å². The molecule has 5 heteroatoms. The van der Waals surface area contributed by atoms with Crippen LogP contribution in [0.2, 0.25) is 0 Å². The van der Waals surface area contributed by atoms with E-state index in [1.54, 1.807) is 7.11 Å². The summed E-state index contributed by atoms with van der Waals surface area (Å²) < 4.78 is 10.5. The van der Waals surface area contributed by atoms with Crippen LogP contribution in [0.4, 0.5) is 0 Å². The summed E-state index contributed by atoms with van der Waals surface area (Å²) in [6.07, 6.45) is 0.863. The van der Waals surface area contributed by atoms with Gasteiger partial charge in [0.05, 0.1) is 30.8 Å². The number of nitrogens with one attached hydrogen (secondary N) is 1. The van der Waals surface area contributed by atoms with Crippen LogP contribution in [0.3, 0.4) is 0 Å². The van der Waals surface area contributed by atoms with Gasteiger partial charge in [-0.2, -0.15) is 0 Å². The monoisotopic (exact) mass is 286 g/mol. The van der Waals surface area contributed by atoms with Gasteiger partial charge in [0.2, 0.25) is 0 Å². The number of hydrogen-bond donors (Lipinski definition) is 1. The second kappa shape index (κ2) is 5.69. The molecular formula is C16H18N2O3. The van der Waals surface area contributed by atoms with Gasteiger partial charge in [0, 0.05) is 23.8 Å². The summed E-state index contributed by atoms with van der Waals surface area (Å²) in [5.74, 6) is 0.655. The number of hydrogen-bond acceptors (Lipinski definition) is 4. The Labute approximate surface area is 123 Å². The molecule has 1 saturated heterocycles. The molecule has 0 spiro atoms. The van der Waals surface area contributed by atoms with Crippen LogP contribution in [0, 0.1) is 6.92 Å². The van der Waals surface area contributed by atoms with Crippen LogP contribution in [0.1, 0.15) is 22.5 Å². The Kier molecular flexibility index (Phi) is 3.75. The third-order valence-corrected chi connectivity index (χ3v) is 3.65. The van der Waals surface area contributed by atoms with Crippen LogP contribution < -0.4 is 10.1 Å². The van der Waals surface area contributed by atoms with Gasteiger partial charge in [0.25, 0.3) is 5.91 Å². The smallest absolute Gasteiger partial charge is 0.252 e. The third-order valence-electron chi connectivity index (χ3n) is 3.65. The van der Waals surface area contributed by atoms with E-state index >= 15 is 0 Å². The van der Waals surface area contributed by atoms with Gasteiger partial charge in [-0.3, -0.25) is 9.78 Å². The van der Waals surface area contributed by atoms with E-state index in [1.807, 2.05) is 31.2 Å². The summed E-state index contributed by atoms with van der Waals surface area (Å²) >= 11 is 0. The first kappa shape index (κ1) is 13.8. The number of carbonyl (C=O) groups excluding carboxylic acids is 1. The zero-order chi connectivity index (χ0) is 14.8. The quantitative estimate of drug-likeness (QED) is 0.938. The lowest BCUT2D eigenvalue weighted by Gasteiger charge is -2.13. The second-order valence-corrected chi connectivity index (χ2v) is 5.23. The molecule has 1 atom stereocenters. The molecule has 2 heterocycles. The highest BCUT2D eigenvalue weighted by atomic mass is 16.5. The second-order valence-electron chi connectivity index (χ2n) is 5.23. The van der Waals surface area contributed by atoms with Crippen LogP contribution in [-0.2, 0) is 4.74 Å². The molecule has 0 saturated carbocycles. The Morgan fingerprint density at radius 3 is 3.00 bits per heavy atom. The molecule has 1 N–H and O–H groups in total. The molecule has 2 aromatic rings. The first-order valence-corrected chi connectivity index (χ1v) is 7.01. The highest BCUT2D eigenvalue weighted by Crippen LogP contribution is 2.23.